The number of hydrogen-bond donors (Lipinski definition) is 2. The van der Waals surface area contributed by atoms with Crippen LogP contribution >= 0.6 is 0 Å². The molecular weight excluding hydrogens is 328 g/mol. The van der Waals surface area contributed by atoms with E-state index < -0.39 is 0 Å². The molecule has 142 valence electrons. The third kappa shape index (κ3) is 5.20. The first-order valence-electron chi connectivity index (χ1n) is 10.1. The topological polar surface area (TPSA) is 24.1 Å². The predicted molar refractivity (Wildman–Crippen MR) is 117 cm³/mol. The van der Waals surface area contributed by atoms with Gasteiger partial charge in [0.2, 0.25) is 0 Å². The van der Waals surface area contributed by atoms with Crippen molar-refractivity contribution in [3.05, 3.63) is 88.3 Å². The predicted octanol–water partition coefficient (Wildman–Crippen LogP) is 5.08. The van der Waals surface area contributed by atoms with Crippen LogP contribution in [0.3, 0.4) is 0 Å². The Labute approximate surface area is 164 Å². The molecule has 27 heavy (non-hydrogen) atoms. The molecule has 0 spiro atoms. The molecule has 2 heterocycles. The van der Waals surface area contributed by atoms with Crippen LogP contribution in [0.4, 0.5) is 0 Å². The SMILES string of the molecule is C=CC=C1CC=C=C2CCNCCC2=C(C2=CCNCC2)C=C1CC(=C)C. The second kappa shape index (κ2) is 9.71. The Morgan fingerprint density at radius 1 is 1.19 bits per heavy atom. The first-order chi connectivity index (χ1) is 13.2. The Balaban J connectivity index is 2.22. The minimum Gasteiger partial charge on any atom is -0.316 e. The summed E-state index contributed by atoms with van der Waals surface area (Å²) in [6.07, 6.45) is 16.1. The van der Waals surface area contributed by atoms with Crippen LogP contribution in [0, 0.1) is 0 Å². The normalized spacial score (nSPS) is 22.6. The fourth-order valence-corrected chi connectivity index (χ4v) is 4.04. The largest absolute Gasteiger partial charge is 0.316 e. The van der Waals surface area contributed by atoms with Crippen molar-refractivity contribution in [1.29, 1.82) is 0 Å². The van der Waals surface area contributed by atoms with Crippen LogP contribution in [0.25, 0.3) is 0 Å². The fourth-order valence-electron chi connectivity index (χ4n) is 4.04. The summed E-state index contributed by atoms with van der Waals surface area (Å²) in [5.74, 6) is 0. The highest BCUT2D eigenvalue weighted by Gasteiger charge is 2.19. The van der Waals surface area contributed by atoms with Crippen molar-refractivity contribution in [2.75, 3.05) is 26.2 Å². The summed E-state index contributed by atoms with van der Waals surface area (Å²) in [4.78, 5) is 0. The second-order valence-corrected chi connectivity index (χ2v) is 7.59. The maximum absolute atomic E-state index is 4.18. The maximum atomic E-state index is 4.18. The Hall–Kier alpha value is -2.12. The van der Waals surface area contributed by atoms with E-state index in [-0.39, 0.29) is 0 Å². The van der Waals surface area contributed by atoms with E-state index in [4.69, 9.17) is 0 Å². The minimum atomic E-state index is 0.892. The summed E-state index contributed by atoms with van der Waals surface area (Å²) in [7, 11) is 0. The van der Waals surface area contributed by atoms with E-state index in [2.05, 4.69) is 60.8 Å². The summed E-state index contributed by atoms with van der Waals surface area (Å²) in [6, 6.07) is 0. The van der Waals surface area contributed by atoms with Gasteiger partial charge in [-0.2, -0.15) is 0 Å². The van der Waals surface area contributed by atoms with Gasteiger partial charge in [0.15, 0.2) is 0 Å². The van der Waals surface area contributed by atoms with E-state index >= 15 is 0 Å². The van der Waals surface area contributed by atoms with E-state index in [0.29, 0.717) is 0 Å². The fraction of sp³-hybridized carbons (Fsp3) is 0.400. The Bertz CT molecular complexity index is 792. The maximum Gasteiger partial charge on any atom is 0.0140 e. The van der Waals surface area contributed by atoms with Gasteiger partial charge in [0.05, 0.1) is 0 Å². The van der Waals surface area contributed by atoms with Crippen molar-refractivity contribution in [3.63, 3.8) is 0 Å². The van der Waals surface area contributed by atoms with Gasteiger partial charge in [-0.25, -0.2) is 0 Å². The number of nitrogens with one attached hydrogen (secondary N) is 2. The van der Waals surface area contributed by atoms with Gasteiger partial charge < -0.3 is 10.6 Å². The van der Waals surface area contributed by atoms with Gasteiger partial charge in [-0.3, -0.25) is 0 Å². The van der Waals surface area contributed by atoms with Crippen molar-refractivity contribution < 1.29 is 0 Å². The van der Waals surface area contributed by atoms with E-state index in [1.165, 1.54) is 39.0 Å². The van der Waals surface area contributed by atoms with Crippen molar-refractivity contribution >= 4 is 0 Å². The molecule has 3 aliphatic rings. The molecule has 0 aromatic rings. The highest BCUT2D eigenvalue weighted by molar-refractivity contribution is 5.56. The summed E-state index contributed by atoms with van der Waals surface area (Å²) < 4.78 is 0. The monoisotopic (exact) mass is 360 g/mol. The summed E-state index contributed by atoms with van der Waals surface area (Å²) in [6.45, 7) is 14.3. The molecule has 0 unspecified atom stereocenters. The Kier molecular flexibility index (Phi) is 7.06. The van der Waals surface area contributed by atoms with Gasteiger partial charge in [0.1, 0.15) is 0 Å². The quantitative estimate of drug-likeness (QED) is 0.540. The smallest absolute Gasteiger partial charge is 0.0140 e. The average molecular weight is 361 g/mol. The third-order valence-corrected chi connectivity index (χ3v) is 5.34. The molecule has 1 fully saturated rings. The van der Waals surface area contributed by atoms with E-state index in [1.807, 2.05) is 6.08 Å². The molecule has 0 radical (unpaired) electrons. The molecule has 2 aliphatic heterocycles. The van der Waals surface area contributed by atoms with Crippen molar-refractivity contribution in [2.24, 2.45) is 0 Å². The van der Waals surface area contributed by atoms with E-state index in [9.17, 15) is 0 Å². The van der Waals surface area contributed by atoms with Crippen LogP contribution in [0.5, 0.6) is 0 Å². The molecule has 3 rings (SSSR count). The number of allylic oxidation sites excluding steroid dienone is 7. The van der Waals surface area contributed by atoms with Crippen molar-refractivity contribution in [1.82, 2.24) is 10.6 Å². The Morgan fingerprint density at radius 2 is 2.00 bits per heavy atom. The van der Waals surface area contributed by atoms with E-state index in [0.717, 1.165) is 58.3 Å². The van der Waals surface area contributed by atoms with Crippen LogP contribution in [0.2, 0.25) is 0 Å². The lowest BCUT2D eigenvalue weighted by atomic mass is 9.86. The van der Waals surface area contributed by atoms with Crippen molar-refractivity contribution in [2.45, 2.75) is 39.0 Å². The molecule has 2 heteroatoms. The number of fused-ring (bicyclic) bond motifs is 1. The summed E-state index contributed by atoms with van der Waals surface area (Å²) >= 11 is 0. The van der Waals surface area contributed by atoms with Crippen molar-refractivity contribution in [3.8, 4) is 0 Å². The molecule has 2 N–H and O–H groups in total. The molecule has 1 aliphatic carbocycles. The first-order valence-corrected chi connectivity index (χ1v) is 10.1. The lowest BCUT2D eigenvalue weighted by molar-refractivity contribution is 0.705. The molecule has 0 saturated carbocycles. The van der Waals surface area contributed by atoms with Gasteiger partial charge in [-0.1, -0.05) is 43.0 Å². The molecule has 2 nitrogen and oxygen atoms in total. The highest BCUT2D eigenvalue weighted by Crippen LogP contribution is 2.34. The molecule has 0 aromatic heterocycles. The van der Waals surface area contributed by atoms with Gasteiger partial charge in [0.25, 0.3) is 0 Å². The summed E-state index contributed by atoms with van der Waals surface area (Å²) in [5.41, 5.74) is 13.3. The van der Waals surface area contributed by atoms with Gasteiger partial charge in [-0.15, -0.1) is 5.73 Å². The number of rotatable bonds is 4. The average Bonchev–Trinajstić information content (AvgIpc) is 2.87. The van der Waals surface area contributed by atoms with Crippen LogP contribution in [-0.4, -0.2) is 26.2 Å². The second-order valence-electron chi connectivity index (χ2n) is 7.59. The standard InChI is InChI=1S/C25H32N2/c1-4-6-20-7-5-8-21-9-13-27-16-12-24(21)25(18-23(20)17-19(2)3)22-10-14-26-15-11-22/h4-6,10,18,26-27H,1-2,7,9,11-17H2,3H3. The zero-order valence-corrected chi connectivity index (χ0v) is 16.7. The lowest BCUT2D eigenvalue weighted by Gasteiger charge is -2.21. The van der Waals surface area contributed by atoms with Gasteiger partial charge >= 0.3 is 0 Å². The van der Waals surface area contributed by atoms with Crippen LogP contribution < -0.4 is 10.6 Å². The van der Waals surface area contributed by atoms with Crippen LogP contribution in [0.1, 0.15) is 39.0 Å². The van der Waals surface area contributed by atoms with Crippen LogP contribution in [0.15, 0.2) is 88.3 Å². The first kappa shape index (κ1) is 19.6. The minimum absolute atomic E-state index is 0.892. The third-order valence-electron chi connectivity index (χ3n) is 5.34. The summed E-state index contributed by atoms with van der Waals surface area (Å²) in [5, 5.41) is 7.01. The molecule has 0 atom stereocenters. The lowest BCUT2D eigenvalue weighted by Crippen LogP contribution is -2.21. The Morgan fingerprint density at radius 3 is 2.74 bits per heavy atom. The number of hydrogen-bond acceptors (Lipinski definition) is 2. The molecular formula is C25H32N2. The molecule has 0 amide bonds. The van der Waals surface area contributed by atoms with Crippen LogP contribution in [-0.2, 0) is 0 Å². The highest BCUT2D eigenvalue weighted by atomic mass is 14.9. The zero-order valence-electron chi connectivity index (χ0n) is 16.7. The molecule has 1 saturated heterocycles. The molecule has 0 aromatic carbocycles. The molecule has 0 bridgehead atoms. The van der Waals surface area contributed by atoms with Gasteiger partial charge in [0, 0.05) is 6.54 Å². The van der Waals surface area contributed by atoms with Gasteiger partial charge in [-0.05, 0) is 98.2 Å². The van der Waals surface area contributed by atoms with E-state index in [1.54, 1.807) is 0 Å². The zero-order chi connectivity index (χ0) is 19.1.